The van der Waals surface area contributed by atoms with Gasteiger partial charge in [-0.3, -0.25) is 4.90 Å². The van der Waals surface area contributed by atoms with Crippen molar-refractivity contribution in [3.05, 3.63) is 0 Å². The molecule has 1 aliphatic rings. The van der Waals surface area contributed by atoms with E-state index in [2.05, 4.69) is 39.5 Å². The predicted molar refractivity (Wildman–Crippen MR) is 71.4 cm³/mol. The van der Waals surface area contributed by atoms with Crippen LogP contribution in [0.2, 0.25) is 0 Å². The zero-order valence-corrected chi connectivity index (χ0v) is 11.8. The Labute approximate surface area is 102 Å². The van der Waals surface area contributed by atoms with Crippen LogP contribution in [0.5, 0.6) is 0 Å². The van der Waals surface area contributed by atoms with Crippen molar-refractivity contribution in [3.63, 3.8) is 0 Å². The van der Waals surface area contributed by atoms with Gasteiger partial charge in [0.05, 0.1) is 0 Å². The third kappa shape index (κ3) is 3.21. The summed E-state index contributed by atoms with van der Waals surface area (Å²) in [6.07, 6.45) is 2.55. The Kier molecular flexibility index (Phi) is 4.81. The van der Waals surface area contributed by atoms with Crippen LogP contribution < -0.4 is 5.73 Å². The summed E-state index contributed by atoms with van der Waals surface area (Å²) in [5, 5.41) is 0. The summed E-state index contributed by atoms with van der Waals surface area (Å²) in [5.41, 5.74) is 6.22. The van der Waals surface area contributed by atoms with E-state index in [0.717, 1.165) is 24.9 Å². The van der Waals surface area contributed by atoms with E-state index in [1.807, 2.05) is 0 Å². The van der Waals surface area contributed by atoms with Crippen molar-refractivity contribution in [2.45, 2.75) is 53.5 Å². The Balaban J connectivity index is 2.64. The molecule has 1 fully saturated rings. The summed E-state index contributed by atoms with van der Waals surface area (Å²) in [6, 6.07) is 0.716. The molecule has 0 aromatic rings. The second-order valence-electron chi connectivity index (χ2n) is 6.36. The lowest BCUT2D eigenvalue weighted by Crippen LogP contribution is -2.51. The average molecular weight is 226 g/mol. The fraction of sp³-hybridized carbons (Fsp3) is 1.00. The number of nitrogens with zero attached hydrogens (tertiary/aromatic N) is 1. The molecule has 2 heteroatoms. The van der Waals surface area contributed by atoms with Crippen molar-refractivity contribution in [1.29, 1.82) is 0 Å². The predicted octanol–water partition coefficient (Wildman–Crippen LogP) is 2.73. The van der Waals surface area contributed by atoms with Crippen LogP contribution >= 0.6 is 0 Å². The Morgan fingerprint density at radius 3 is 2.44 bits per heavy atom. The largest absolute Gasteiger partial charge is 0.330 e. The molecule has 0 aliphatic carbocycles. The molecular weight excluding hydrogens is 196 g/mol. The maximum absolute atomic E-state index is 5.92. The molecule has 2 N–H and O–H groups in total. The molecule has 0 amide bonds. The van der Waals surface area contributed by atoms with E-state index in [1.165, 1.54) is 19.4 Å². The van der Waals surface area contributed by atoms with Crippen LogP contribution in [0.25, 0.3) is 0 Å². The molecule has 1 saturated heterocycles. The summed E-state index contributed by atoms with van der Waals surface area (Å²) in [6.45, 7) is 14.9. The monoisotopic (exact) mass is 226 g/mol. The van der Waals surface area contributed by atoms with E-state index in [1.54, 1.807) is 0 Å². The van der Waals surface area contributed by atoms with Crippen LogP contribution in [0.1, 0.15) is 47.5 Å². The molecule has 0 aromatic carbocycles. The van der Waals surface area contributed by atoms with E-state index in [9.17, 15) is 0 Å². The number of rotatable bonds is 4. The zero-order valence-electron chi connectivity index (χ0n) is 11.8. The second kappa shape index (κ2) is 5.50. The van der Waals surface area contributed by atoms with Gasteiger partial charge in [0.25, 0.3) is 0 Å². The van der Waals surface area contributed by atoms with Crippen molar-refractivity contribution in [2.24, 2.45) is 23.0 Å². The average Bonchev–Trinajstić information content (AvgIpc) is 2.25. The van der Waals surface area contributed by atoms with Gasteiger partial charge < -0.3 is 5.73 Å². The van der Waals surface area contributed by atoms with Crippen LogP contribution in [0.15, 0.2) is 0 Å². The van der Waals surface area contributed by atoms with Gasteiger partial charge in [-0.2, -0.15) is 0 Å². The minimum absolute atomic E-state index is 0.297. The Hall–Kier alpha value is -0.0800. The van der Waals surface area contributed by atoms with Crippen molar-refractivity contribution >= 4 is 0 Å². The zero-order chi connectivity index (χ0) is 12.3. The number of piperidine rings is 1. The maximum Gasteiger partial charge on any atom is 0.00930 e. The molecule has 0 radical (unpaired) electrons. The first kappa shape index (κ1) is 14.0. The Morgan fingerprint density at radius 2 is 1.94 bits per heavy atom. The van der Waals surface area contributed by atoms with Crippen molar-refractivity contribution < 1.29 is 0 Å². The highest BCUT2D eigenvalue weighted by Gasteiger charge is 2.33. The van der Waals surface area contributed by atoms with E-state index < -0.39 is 0 Å². The minimum Gasteiger partial charge on any atom is -0.330 e. The third-order valence-corrected chi connectivity index (χ3v) is 4.65. The highest BCUT2D eigenvalue weighted by molar-refractivity contribution is 4.87. The minimum atomic E-state index is 0.297. The summed E-state index contributed by atoms with van der Waals surface area (Å²) in [7, 11) is 0. The highest BCUT2D eigenvalue weighted by Crippen LogP contribution is 2.30. The molecule has 4 unspecified atom stereocenters. The van der Waals surface area contributed by atoms with Gasteiger partial charge in [-0.25, -0.2) is 0 Å². The first-order chi connectivity index (χ1) is 7.41. The number of hydrogen-bond donors (Lipinski definition) is 1. The molecule has 16 heavy (non-hydrogen) atoms. The Morgan fingerprint density at radius 1 is 1.31 bits per heavy atom. The first-order valence-electron chi connectivity index (χ1n) is 6.86. The molecule has 1 heterocycles. The van der Waals surface area contributed by atoms with Crippen LogP contribution in [-0.4, -0.2) is 30.6 Å². The topological polar surface area (TPSA) is 29.3 Å². The summed E-state index contributed by atoms with van der Waals surface area (Å²) in [4.78, 5) is 2.66. The molecule has 0 spiro atoms. The second-order valence-corrected chi connectivity index (χ2v) is 6.36. The molecule has 0 aromatic heterocycles. The van der Waals surface area contributed by atoms with Gasteiger partial charge >= 0.3 is 0 Å². The number of likely N-dealkylation sites (tertiary alicyclic amines) is 1. The van der Waals surface area contributed by atoms with E-state index >= 15 is 0 Å². The van der Waals surface area contributed by atoms with Gasteiger partial charge in [-0.05, 0) is 43.6 Å². The standard InChI is InChI=1S/C14H30N2/c1-6-14(5,9-15)10-16-8-11(2)7-12(3)13(16)4/h11-13H,6-10,15H2,1-5H3. The van der Waals surface area contributed by atoms with Gasteiger partial charge in [0.15, 0.2) is 0 Å². The SMILES string of the molecule is CCC(C)(CN)CN1CC(C)CC(C)C1C. The molecule has 0 saturated carbocycles. The molecule has 96 valence electrons. The van der Waals surface area contributed by atoms with Crippen molar-refractivity contribution in [1.82, 2.24) is 4.90 Å². The lowest BCUT2D eigenvalue weighted by molar-refractivity contribution is 0.0422. The highest BCUT2D eigenvalue weighted by atomic mass is 15.2. The summed E-state index contributed by atoms with van der Waals surface area (Å²) < 4.78 is 0. The van der Waals surface area contributed by atoms with Gasteiger partial charge in [-0.15, -0.1) is 0 Å². The van der Waals surface area contributed by atoms with Crippen molar-refractivity contribution in [2.75, 3.05) is 19.6 Å². The van der Waals surface area contributed by atoms with Gasteiger partial charge in [0.1, 0.15) is 0 Å². The quantitative estimate of drug-likeness (QED) is 0.798. The molecule has 1 rings (SSSR count). The van der Waals surface area contributed by atoms with Crippen LogP contribution in [-0.2, 0) is 0 Å². The Bertz CT molecular complexity index is 211. The van der Waals surface area contributed by atoms with Gasteiger partial charge in [0.2, 0.25) is 0 Å². The summed E-state index contributed by atoms with van der Waals surface area (Å²) >= 11 is 0. The van der Waals surface area contributed by atoms with Gasteiger partial charge in [0, 0.05) is 19.1 Å². The molecule has 4 atom stereocenters. The van der Waals surface area contributed by atoms with Crippen LogP contribution in [0, 0.1) is 17.3 Å². The molecule has 0 bridgehead atoms. The smallest absolute Gasteiger partial charge is 0.00930 e. The normalized spacial score (nSPS) is 36.0. The third-order valence-electron chi connectivity index (χ3n) is 4.65. The summed E-state index contributed by atoms with van der Waals surface area (Å²) in [5.74, 6) is 1.66. The van der Waals surface area contributed by atoms with E-state index in [0.29, 0.717) is 11.5 Å². The van der Waals surface area contributed by atoms with Gasteiger partial charge in [-0.1, -0.05) is 27.7 Å². The lowest BCUT2D eigenvalue weighted by atomic mass is 9.81. The molecule has 1 aliphatic heterocycles. The lowest BCUT2D eigenvalue weighted by Gasteiger charge is -2.45. The number of nitrogens with two attached hydrogens (primary N) is 1. The first-order valence-corrected chi connectivity index (χ1v) is 6.86. The fourth-order valence-electron chi connectivity index (χ4n) is 2.85. The van der Waals surface area contributed by atoms with E-state index in [4.69, 9.17) is 5.73 Å². The molecular formula is C14H30N2. The molecule has 2 nitrogen and oxygen atoms in total. The van der Waals surface area contributed by atoms with Crippen LogP contribution in [0.4, 0.5) is 0 Å². The number of hydrogen-bond acceptors (Lipinski definition) is 2. The van der Waals surface area contributed by atoms with E-state index in [-0.39, 0.29) is 0 Å². The van der Waals surface area contributed by atoms with Crippen molar-refractivity contribution in [3.8, 4) is 0 Å². The van der Waals surface area contributed by atoms with Crippen LogP contribution in [0.3, 0.4) is 0 Å². The fourth-order valence-corrected chi connectivity index (χ4v) is 2.85. The maximum atomic E-state index is 5.92.